The lowest BCUT2D eigenvalue weighted by molar-refractivity contribution is 1.21. The molecular weight excluding hydrogens is 136 g/mol. The Labute approximate surface area is 64.8 Å². The highest BCUT2D eigenvalue weighted by molar-refractivity contribution is 5.83. The van der Waals surface area contributed by atoms with Crippen LogP contribution in [0.25, 0.3) is 0 Å². The smallest absolute Gasteiger partial charge is 0.109 e. The number of fused-ring (bicyclic) bond motifs is 1. The van der Waals surface area contributed by atoms with Gasteiger partial charge in [-0.25, -0.2) is 0 Å². The molecule has 1 aliphatic heterocycles. The highest BCUT2D eigenvalue weighted by Gasteiger charge is 2.16. The number of aliphatic imine (C=N–C) groups is 1. The van der Waals surface area contributed by atoms with Gasteiger partial charge in [-0.1, -0.05) is 18.2 Å². The van der Waals surface area contributed by atoms with Gasteiger partial charge in [0.25, 0.3) is 0 Å². The summed E-state index contributed by atoms with van der Waals surface area (Å²) in [5.74, 6) is -0.133. The molecule has 2 nitrogen and oxygen atoms in total. The van der Waals surface area contributed by atoms with E-state index < -0.39 is 0 Å². The lowest BCUT2D eigenvalue weighted by atomic mass is 10.0. The van der Waals surface area contributed by atoms with Crippen LogP contribution in [0, 0.1) is 11.3 Å². The van der Waals surface area contributed by atoms with Crippen molar-refractivity contribution in [1.29, 1.82) is 5.26 Å². The number of nitrogens with zero attached hydrogens (tertiary/aromatic N) is 2. The molecule has 0 spiro atoms. The monoisotopic (exact) mass is 142 g/mol. The fourth-order valence-corrected chi connectivity index (χ4v) is 1.21. The Morgan fingerprint density at radius 2 is 2.18 bits per heavy atom. The van der Waals surface area contributed by atoms with Gasteiger partial charge in [0.15, 0.2) is 0 Å². The summed E-state index contributed by atoms with van der Waals surface area (Å²) in [5, 5.41) is 8.67. The topological polar surface area (TPSA) is 36.1 Å². The van der Waals surface area contributed by atoms with Crippen LogP contribution in [0.1, 0.15) is 11.5 Å². The first-order valence-corrected chi connectivity index (χ1v) is 3.44. The van der Waals surface area contributed by atoms with Gasteiger partial charge in [0.2, 0.25) is 0 Å². The van der Waals surface area contributed by atoms with Gasteiger partial charge in [0.1, 0.15) is 5.92 Å². The fourth-order valence-electron chi connectivity index (χ4n) is 1.21. The van der Waals surface area contributed by atoms with Crippen molar-refractivity contribution < 1.29 is 0 Å². The maximum absolute atomic E-state index is 8.67. The first-order valence-electron chi connectivity index (χ1n) is 3.44. The Balaban J connectivity index is 2.56. The van der Waals surface area contributed by atoms with E-state index >= 15 is 0 Å². The Kier molecular flexibility index (Phi) is 1.23. The van der Waals surface area contributed by atoms with Crippen molar-refractivity contribution in [3.63, 3.8) is 0 Å². The largest absolute Gasteiger partial charge is 0.259 e. The highest BCUT2D eigenvalue weighted by Crippen LogP contribution is 2.30. The highest BCUT2D eigenvalue weighted by atomic mass is 14.8. The lowest BCUT2D eigenvalue weighted by Crippen LogP contribution is -1.89. The molecule has 11 heavy (non-hydrogen) atoms. The maximum Gasteiger partial charge on any atom is 0.109 e. The normalized spacial score (nSPS) is 19.4. The summed E-state index contributed by atoms with van der Waals surface area (Å²) in [6.07, 6.45) is 1.69. The summed E-state index contributed by atoms with van der Waals surface area (Å²) < 4.78 is 0. The Morgan fingerprint density at radius 3 is 3.00 bits per heavy atom. The van der Waals surface area contributed by atoms with Crippen molar-refractivity contribution in [3.8, 4) is 6.07 Å². The van der Waals surface area contributed by atoms with Crippen molar-refractivity contribution in [2.75, 3.05) is 0 Å². The average molecular weight is 142 g/mol. The van der Waals surface area contributed by atoms with E-state index in [2.05, 4.69) is 11.1 Å². The number of benzene rings is 1. The van der Waals surface area contributed by atoms with Gasteiger partial charge in [0, 0.05) is 11.8 Å². The van der Waals surface area contributed by atoms with Crippen molar-refractivity contribution in [1.82, 2.24) is 0 Å². The molecule has 2 heteroatoms. The third-order valence-electron chi connectivity index (χ3n) is 1.77. The van der Waals surface area contributed by atoms with Crippen LogP contribution in [0.5, 0.6) is 0 Å². The zero-order valence-corrected chi connectivity index (χ0v) is 5.86. The van der Waals surface area contributed by atoms with E-state index in [1.807, 2.05) is 24.3 Å². The Morgan fingerprint density at radius 1 is 1.36 bits per heavy atom. The molecule has 0 radical (unpaired) electrons. The predicted molar refractivity (Wildman–Crippen MR) is 42.9 cm³/mol. The minimum Gasteiger partial charge on any atom is -0.259 e. The van der Waals surface area contributed by atoms with Crippen LogP contribution in [0.15, 0.2) is 29.3 Å². The molecule has 1 unspecified atom stereocenters. The SMILES string of the molecule is N#CC1C=Nc2ccccc21. The number of hydrogen-bond acceptors (Lipinski definition) is 2. The molecule has 0 aliphatic carbocycles. The molecule has 1 aromatic carbocycles. The summed E-state index contributed by atoms with van der Waals surface area (Å²) >= 11 is 0. The minimum absolute atomic E-state index is 0.133. The van der Waals surface area contributed by atoms with Gasteiger partial charge >= 0.3 is 0 Å². The third kappa shape index (κ3) is 0.821. The summed E-state index contributed by atoms with van der Waals surface area (Å²) in [6, 6.07) is 9.89. The van der Waals surface area contributed by atoms with Gasteiger partial charge in [-0.05, 0) is 6.07 Å². The molecule has 2 rings (SSSR count). The van der Waals surface area contributed by atoms with Crippen LogP contribution in [-0.4, -0.2) is 6.21 Å². The molecule has 1 atom stereocenters. The number of para-hydroxylation sites is 1. The Hall–Kier alpha value is -1.62. The zero-order valence-electron chi connectivity index (χ0n) is 5.86. The van der Waals surface area contributed by atoms with E-state index in [1.165, 1.54) is 0 Å². The van der Waals surface area contributed by atoms with E-state index in [4.69, 9.17) is 5.26 Å². The van der Waals surface area contributed by atoms with Crippen LogP contribution < -0.4 is 0 Å². The summed E-state index contributed by atoms with van der Waals surface area (Å²) in [5.41, 5.74) is 1.95. The summed E-state index contributed by atoms with van der Waals surface area (Å²) in [7, 11) is 0. The van der Waals surface area contributed by atoms with Crippen molar-refractivity contribution in [3.05, 3.63) is 29.8 Å². The molecule has 1 heterocycles. The van der Waals surface area contributed by atoms with Gasteiger partial charge in [-0.15, -0.1) is 0 Å². The molecule has 0 bridgehead atoms. The molecule has 1 aliphatic rings. The minimum atomic E-state index is -0.133. The van der Waals surface area contributed by atoms with Crippen LogP contribution >= 0.6 is 0 Å². The zero-order chi connectivity index (χ0) is 7.68. The van der Waals surface area contributed by atoms with Crippen LogP contribution in [0.2, 0.25) is 0 Å². The second-order valence-corrected chi connectivity index (χ2v) is 2.44. The van der Waals surface area contributed by atoms with E-state index in [-0.39, 0.29) is 5.92 Å². The van der Waals surface area contributed by atoms with Crippen LogP contribution in [0.3, 0.4) is 0 Å². The van der Waals surface area contributed by atoms with Gasteiger partial charge < -0.3 is 0 Å². The molecule has 0 fully saturated rings. The lowest BCUT2D eigenvalue weighted by Gasteiger charge is -1.96. The maximum atomic E-state index is 8.67. The molecule has 0 aromatic heterocycles. The first-order chi connectivity index (χ1) is 5.42. The number of hydrogen-bond donors (Lipinski definition) is 0. The molecule has 0 saturated carbocycles. The fraction of sp³-hybridized carbons (Fsp3) is 0.111. The van der Waals surface area contributed by atoms with Crippen molar-refractivity contribution in [2.24, 2.45) is 4.99 Å². The molecule has 52 valence electrons. The van der Waals surface area contributed by atoms with E-state index in [0.29, 0.717) is 0 Å². The van der Waals surface area contributed by atoms with Crippen molar-refractivity contribution in [2.45, 2.75) is 5.92 Å². The Bertz CT molecular complexity index is 347. The van der Waals surface area contributed by atoms with Crippen LogP contribution in [-0.2, 0) is 0 Å². The standard InChI is InChI=1S/C9H6N2/c10-5-7-6-11-9-4-2-1-3-8(7)9/h1-4,6-7H. The average Bonchev–Trinajstić information content (AvgIpc) is 2.47. The quantitative estimate of drug-likeness (QED) is 0.545. The van der Waals surface area contributed by atoms with Crippen molar-refractivity contribution >= 4 is 11.9 Å². The number of nitriles is 1. The predicted octanol–water partition coefficient (Wildman–Crippen LogP) is 2.01. The number of rotatable bonds is 0. The van der Waals surface area contributed by atoms with E-state index in [0.717, 1.165) is 11.3 Å². The summed E-state index contributed by atoms with van der Waals surface area (Å²) in [4.78, 5) is 4.10. The first kappa shape index (κ1) is 6.11. The second kappa shape index (κ2) is 2.21. The van der Waals surface area contributed by atoms with Gasteiger partial charge in [0.05, 0.1) is 11.8 Å². The van der Waals surface area contributed by atoms with E-state index in [1.54, 1.807) is 6.21 Å². The molecule has 0 amide bonds. The van der Waals surface area contributed by atoms with Gasteiger partial charge in [-0.3, -0.25) is 4.99 Å². The third-order valence-corrected chi connectivity index (χ3v) is 1.77. The summed E-state index contributed by atoms with van der Waals surface area (Å²) in [6.45, 7) is 0. The molecule has 0 N–H and O–H groups in total. The van der Waals surface area contributed by atoms with Crippen LogP contribution in [0.4, 0.5) is 5.69 Å². The second-order valence-electron chi connectivity index (χ2n) is 2.44. The molecule has 0 saturated heterocycles. The molecular formula is C9H6N2. The molecule has 1 aromatic rings. The van der Waals surface area contributed by atoms with E-state index in [9.17, 15) is 0 Å². The van der Waals surface area contributed by atoms with Gasteiger partial charge in [-0.2, -0.15) is 5.26 Å².